The second-order valence-electron chi connectivity index (χ2n) is 7.22. The van der Waals surface area contributed by atoms with E-state index in [0.29, 0.717) is 13.2 Å². The largest absolute Gasteiger partial charge is 0.359 e. The van der Waals surface area contributed by atoms with Crippen molar-refractivity contribution in [2.24, 2.45) is 0 Å². The third-order valence-electron chi connectivity index (χ3n) is 4.77. The van der Waals surface area contributed by atoms with Crippen LogP contribution in [-0.4, -0.2) is 26.8 Å². The maximum atomic E-state index is 10.1. The van der Waals surface area contributed by atoms with Crippen molar-refractivity contribution in [1.29, 1.82) is 0 Å². The SMILES string of the molecule is COCOCCCCCCCCCCCCCCCCCCC[C]=O. The summed E-state index contributed by atoms with van der Waals surface area (Å²) in [6.45, 7) is 1.27. The van der Waals surface area contributed by atoms with Crippen LogP contribution in [0.15, 0.2) is 0 Å². The number of hydrogen-bond acceptors (Lipinski definition) is 3. The Morgan fingerprint density at radius 1 is 0.560 bits per heavy atom. The summed E-state index contributed by atoms with van der Waals surface area (Å²) >= 11 is 0. The van der Waals surface area contributed by atoms with E-state index in [2.05, 4.69) is 0 Å². The Morgan fingerprint density at radius 3 is 1.28 bits per heavy atom. The monoisotopic (exact) mass is 355 g/mol. The normalized spacial score (nSPS) is 11.1. The maximum absolute atomic E-state index is 10.1. The van der Waals surface area contributed by atoms with Crippen molar-refractivity contribution >= 4 is 6.29 Å². The number of hydrogen-bond donors (Lipinski definition) is 0. The van der Waals surface area contributed by atoms with Gasteiger partial charge in [-0.2, -0.15) is 0 Å². The molecule has 0 saturated carbocycles. The van der Waals surface area contributed by atoms with E-state index in [-0.39, 0.29) is 0 Å². The van der Waals surface area contributed by atoms with Crippen molar-refractivity contribution in [2.75, 3.05) is 20.5 Å². The predicted octanol–water partition coefficient (Wildman–Crippen LogP) is 6.74. The van der Waals surface area contributed by atoms with Gasteiger partial charge < -0.3 is 9.47 Å². The van der Waals surface area contributed by atoms with E-state index in [1.807, 2.05) is 6.29 Å². The quantitative estimate of drug-likeness (QED) is 0.159. The lowest BCUT2D eigenvalue weighted by Gasteiger charge is -2.04. The van der Waals surface area contributed by atoms with Crippen molar-refractivity contribution in [1.82, 2.24) is 0 Å². The molecule has 0 spiro atoms. The molecule has 0 aliphatic carbocycles. The summed E-state index contributed by atoms with van der Waals surface area (Å²) in [4.78, 5) is 10.1. The fraction of sp³-hybridized carbons (Fsp3) is 0.955. The van der Waals surface area contributed by atoms with E-state index in [9.17, 15) is 4.79 Å². The molecule has 0 bridgehead atoms. The smallest absolute Gasteiger partial charge is 0.198 e. The lowest BCUT2D eigenvalue weighted by Crippen LogP contribution is -1.98. The molecule has 0 aromatic carbocycles. The fourth-order valence-corrected chi connectivity index (χ4v) is 3.20. The number of unbranched alkanes of at least 4 members (excludes halogenated alkanes) is 17. The molecule has 3 nitrogen and oxygen atoms in total. The number of ether oxygens (including phenoxy) is 2. The van der Waals surface area contributed by atoms with Crippen LogP contribution in [0.1, 0.15) is 116 Å². The van der Waals surface area contributed by atoms with Gasteiger partial charge in [-0.05, 0) is 12.8 Å². The molecule has 0 atom stereocenters. The zero-order chi connectivity index (χ0) is 18.3. The first-order chi connectivity index (χ1) is 12.4. The van der Waals surface area contributed by atoms with Crippen molar-refractivity contribution in [3.63, 3.8) is 0 Å². The number of methoxy groups -OCH3 is 1. The van der Waals surface area contributed by atoms with Crippen LogP contribution in [0.2, 0.25) is 0 Å². The summed E-state index contributed by atoms with van der Waals surface area (Å²) in [5, 5.41) is 0. The molecule has 0 aromatic rings. The lowest BCUT2D eigenvalue weighted by molar-refractivity contribution is -0.0315. The van der Waals surface area contributed by atoms with E-state index in [0.717, 1.165) is 13.0 Å². The summed E-state index contributed by atoms with van der Waals surface area (Å²) in [7, 11) is 1.67. The van der Waals surface area contributed by atoms with Gasteiger partial charge >= 0.3 is 0 Å². The van der Waals surface area contributed by atoms with E-state index < -0.39 is 0 Å². The highest BCUT2D eigenvalue weighted by Gasteiger charge is 1.95. The van der Waals surface area contributed by atoms with E-state index in [1.54, 1.807) is 7.11 Å². The van der Waals surface area contributed by atoms with Crippen LogP contribution in [0.3, 0.4) is 0 Å². The highest BCUT2D eigenvalue weighted by atomic mass is 16.7. The van der Waals surface area contributed by atoms with Crippen molar-refractivity contribution in [3.05, 3.63) is 0 Å². The van der Waals surface area contributed by atoms with Crippen molar-refractivity contribution < 1.29 is 14.3 Å². The van der Waals surface area contributed by atoms with Gasteiger partial charge in [-0.15, -0.1) is 0 Å². The Hall–Kier alpha value is -0.410. The molecular weight excluding hydrogens is 312 g/mol. The molecule has 149 valence electrons. The van der Waals surface area contributed by atoms with Crippen molar-refractivity contribution in [2.45, 2.75) is 116 Å². The summed E-state index contributed by atoms with van der Waals surface area (Å²) in [5.74, 6) is 0. The lowest BCUT2D eigenvalue weighted by atomic mass is 10.0. The summed E-state index contributed by atoms with van der Waals surface area (Å²) in [5.41, 5.74) is 0. The predicted molar refractivity (Wildman–Crippen MR) is 107 cm³/mol. The molecule has 0 unspecified atom stereocenters. The first kappa shape index (κ1) is 24.6. The van der Waals surface area contributed by atoms with Gasteiger partial charge in [0.15, 0.2) is 6.29 Å². The molecule has 1 radical (unpaired) electrons. The Bertz CT molecular complexity index is 243. The zero-order valence-electron chi connectivity index (χ0n) is 16.9. The van der Waals surface area contributed by atoms with Gasteiger partial charge in [-0.1, -0.05) is 96.3 Å². The van der Waals surface area contributed by atoms with Crippen molar-refractivity contribution in [3.8, 4) is 0 Å². The zero-order valence-corrected chi connectivity index (χ0v) is 16.9. The minimum Gasteiger partial charge on any atom is -0.359 e. The summed E-state index contributed by atoms with van der Waals surface area (Å²) in [6.07, 6.45) is 25.4. The van der Waals surface area contributed by atoms with Crippen LogP contribution in [0.5, 0.6) is 0 Å². The molecule has 0 aliphatic rings. The maximum Gasteiger partial charge on any atom is 0.198 e. The molecule has 3 heteroatoms. The molecule has 25 heavy (non-hydrogen) atoms. The van der Waals surface area contributed by atoms with Gasteiger partial charge in [-0.3, -0.25) is 4.79 Å². The third-order valence-corrected chi connectivity index (χ3v) is 4.77. The Morgan fingerprint density at radius 2 is 0.920 bits per heavy atom. The topological polar surface area (TPSA) is 35.5 Å². The van der Waals surface area contributed by atoms with Crippen LogP contribution in [0.25, 0.3) is 0 Å². The average molecular weight is 356 g/mol. The Labute approximate surface area is 157 Å². The average Bonchev–Trinajstić information content (AvgIpc) is 2.63. The minimum absolute atomic E-state index is 0.432. The van der Waals surface area contributed by atoms with Crippen LogP contribution in [-0.2, 0) is 14.3 Å². The highest BCUT2D eigenvalue weighted by molar-refractivity contribution is 5.50. The van der Waals surface area contributed by atoms with Crippen LogP contribution >= 0.6 is 0 Å². The number of carbonyl (C=O) groups excluding carboxylic acids is 1. The van der Waals surface area contributed by atoms with E-state index in [4.69, 9.17) is 9.47 Å². The van der Waals surface area contributed by atoms with Crippen LogP contribution < -0.4 is 0 Å². The third kappa shape index (κ3) is 23.6. The standard InChI is InChI=1S/C22H43O3/c1-24-22-25-21-19-17-15-13-11-9-7-5-3-2-4-6-8-10-12-14-16-18-20-23/h2-19,21-22H2,1H3. The van der Waals surface area contributed by atoms with Gasteiger partial charge in [0, 0.05) is 20.1 Å². The van der Waals surface area contributed by atoms with Crippen LogP contribution in [0, 0.1) is 0 Å². The van der Waals surface area contributed by atoms with Gasteiger partial charge in [-0.25, -0.2) is 0 Å². The summed E-state index contributed by atoms with van der Waals surface area (Å²) in [6, 6.07) is 0. The van der Waals surface area contributed by atoms with E-state index in [1.165, 1.54) is 103 Å². The van der Waals surface area contributed by atoms with Gasteiger partial charge in [0.25, 0.3) is 0 Å². The molecule has 0 aromatic heterocycles. The van der Waals surface area contributed by atoms with Gasteiger partial charge in [0.2, 0.25) is 0 Å². The fourth-order valence-electron chi connectivity index (χ4n) is 3.20. The second kappa shape index (κ2) is 23.6. The van der Waals surface area contributed by atoms with Gasteiger partial charge in [0.05, 0.1) is 0 Å². The second-order valence-corrected chi connectivity index (χ2v) is 7.22. The molecule has 0 amide bonds. The number of rotatable bonds is 22. The van der Waals surface area contributed by atoms with Gasteiger partial charge in [0.1, 0.15) is 6.79 Å². The van der Waals surface area contributed by atoms with Crippen LogP contribution in [0.4, 0.5) is 0 Å². The molecule has 0 rings (SSSR count). The highest BCUT2D eigenvalue weighted by Crippen LogP contribution is 2.14. The molecule has 0 heterocycles. The van der Waals surface area contributed by atoms with E-state index >= 15 is 0 Å². The molecule has 0 fully saturated rings. The summed E-state index contributed by atoms with van der Waals surface area (Å²) < 4.78 is 10.1. The first-order valence-electron chi connectivity index (χ1n) is 10.8. The Kier molecular flexibility index (Phi) is 23.2. The Balaban J connectivity index is 2.95. The first-order valence-corrected chi connectivity index (χ1v) is 10.8. The molecular formula is C22H43O3. The minimum atomic E-state index is 0.432. The molecule has 0 aliphatic heterocycles. The molecule has 0 N–H and O–H groups in total. The molecule has 0 saturated heterocycles.